The molecule has 0 aliphatic carbocycles. The van der Waals surface area contributed by atoms with Crippen molar-refractivity contribution in [2.45, 2.75) is 333 Å². The second-order valence-electron chi connectivity index (χ2n) is 21.7. The quantitative estimate of drug-likeness (QED) is 0.0196. The van der Waals surface area contributed by atoms with Crippen LogP contribution in [0.1, 0.15) is 296 Å². The smallest absolute Gasteiger partial charge is 0.397 e. The molecule has 0 radical (unpaired) electrons. The zero-order valence-electron chi connectivity index (χ0n) is 47.7. The average molecular weight is 1070 g/mol. The van der Waals surface area contributed by atoms with Gasteiger partial charge in [-0.25, -0.2) is 4.18 Å². The standard InChI is InChI=1S/C61H116O12S/c1-3-5-7-9-11-13-15-17-19-21-23-25-27-29-31-33-35-37-39-41-43-45-47-49-51-69-53-55(54-70-61-59(65)60(73-74(66,67)68)58(64)56(52-62)72-61)71-57(63)50-48-46-44-42-40-38-36-34-32-30-28-26-24-22-20-18-16-14-12-10-8-6-4-2/h16,18,22,24,55-56,58-62,64-65H,3-15,17,19-21,23,25-54H2,1-2H3,(H,66,67,68)/b18-16-,24-22-. The molecule has 1 aliphatic heterocycles. The molecule has 0 saturated carbocycles. The van der Waals surface area contributed by atoms with Crippen LogP contribution in [0.4, 0.5) is 0 Å². The number of allylic oxidation sites excluding steroid dienone is 4. The van der Waals surface area contributed by atoms with Crippen LogP contribution < -0.4 is 0 Å². The molecular weight excluding hydrogens is 957 g/mol. The van der Waals surface area contributed by atoms with E-state index in [0.717, 1.165) is 44.9 Å². The number of carbonyl (C=O) groups is 1. The first-order valence-corrected chi connectivity index (χ1v) is 32.5. The van der Waals surface area contributed by atoms with E-state index in [1.807, 2.05) is 0 Å². The molecule has 1 aliphatic rings. The van der Waals surface area contributed by atoms with Crippen molar-refractivity contribution in [3.8, 4) is 0 Å². The summed E-state index contributed by atoms with van der Waals surface area (Å²) in [6.45, 7) is 4.05. The summed E-state index contributed by atoms with van der Waals surface area (Å²) in [7, 11) is -5.07. The Kier molecular flexibility index (Phi) is 49.9. The van der Waals surface area contributed by atoms with Crippen molar-refractivity contribution < 1.29 is 56.2 Å². The zero-order chi connectivity index (χ0) is 53.8. The molecule has 1 heterocycles. The SMILES string of the molecule is CCCCCCC/C=C\C/C=C\CCCCCCCCCCCCCC(=O)OC(COCCCCCCCCCCCCCCCCCCCCCCCCCC)COC1OC(CO)C(O)C(OS(=O)(=O)O)C1O. The summed E-state index contributed by atoms with van der Waals surface area (Å²) in [5.41, 5.74) is 0. The molecule has 13 heteroatoms. The van der Waals surface area contributed by atoms with Crippen LogP contribution in [0.5, 0.6) is 0 Å². The summed E-state index contributed by atoms with van der Waals surface area (Å²) in [4.78, 5) is 13.0. The van der Waals surface area contributed by atoms with Gasteiger partial charge < -0.3 is 34.3 Å². The van der Waals surface area contributed by atoms with Gasteiger partial charge in [-0.3, -0.25) is 9.35 Å². The van der Waals surface area contributed by atoms with Gasteiger partial charge in [-0.15, -0.1) is 0 Å². The van der Waals surface area contributed by atoms with Crippen LogP contribution >= 0.6 is 0 Å². The average Bonchev–Trinajstić information content (AvgIpc) is 3.38. The van der Waals surface area contributed by atoms with Gasteiger partial charge in [-0.1, -0.05) is 269 Å². The molecule has 4 N–H and O–H groups in total. The summed E-state index contributed by atoms with van der Waals surface area (Å²) in [5, 5.41) is 30.9. The first-order valence-electron chi connectivity index (χ1n) is 31.1. The number of carbonyl (C=O) groups excluding carboxylic acids is 1. The molecule has 0 bridgehead atoms. The molecule has 0 aromatic heterocycles. The van der Waals surface area contributed by atoms with Gasteiger partial charge in [0.1, 0.15) is 30.5 Å². The van der Waals surface area contributed by atoms with Crippen LogP contribution in [0.25, 0.3) is 0 Å². The van der Waals surface area contributed by atoms with Gasteiger partial charge in [0.25, 0.3) is 0 Å². The van der Waals surface area contributed by atoms with Crippen LogP contribution in [-0.4, -0.2) is 97.5 Å². The molecule has 0 aromatic carbocycles. The number of hydrogen-bond donors (Lipinski definition) is 4. The van der Waals surface area contributed by atoms with E-state index in [4.69, 9.17) is 18.9 Å². The zero-order valence-corrected chi connectivity index (χ0v) is 48.5. The molecule has 74 heavy (non-hydrogen) atoms. The molecule has 6 unspecified atom stereocenters. The summed E-state index contributed by atoms with van der Waals surface area (Å²) in [5.74, 6) is -0.394. The fourth-order valence-electron chi connectivity index (χ4n) is 9.88. The van der Waals surface area contributed by atoms with Gasteiger partial charge in [-0.2, -0.15) is 8.42 Å². The summed E-state index contributed by atoms with van der Waals surface area (Å²) >= 11 is 0. The Balaban J connectivity index is 2.25. The van der Waals surface area contributed by atoms with E-state index in [9.17, 15) is 33.1 Å². The number of unbranched alkanes of at least 4 members (excludes halogenated alkanes) is 39. The highest BCUT2D eigenvalue weighted by molar-refractivity contribution is 7.80. The third kappa shape index (κ3) is 44.5. The molecular formula is C61H116O12S. The van der Waals surface area contributed by atoms with Crippen molar-refractivity contribution in [3.63, 3.8) is 0 Å². The number of ether oxygens (including phenoxy) is 4. The van der Waals surface area contributed by atoms with Crippen LogP contribution in [-0.2, 0) is 38.3 Å². The van der Waals surface area contributed by atoms with E-state index in [-0.39, 0.29) is 19.6 Å². The first kappa shape index (κ1) is 70.6. The van der Waals surface area contributed by atoms with E-state index in [1.165, 1.54) is 225 Å². The highest BCUT2D eigenvalue weighted by Gasteiger charge is 2.48. The topological polar surface area (TPSA) is 178 Å². The maximum absolute atomic E-state index is 13.0. The van der Waals surface area contributed by atoms with Crippen molar-refractivity contribution in [2.24, 2.45) is 0 Å². The monoisotopic (exact) mass is 1070 g/mol. The number of hydrogen-bond acceptors (Lipinski definition) is 11. The van der Waals surface area contributed by atoms with E-state index in [1.54, 1.807) is 0 Å². The third-order valence-electron chi connectivity index (χ3n) is 14.6. The lowest BCUT2D eigenvalue weighted by Gasteiger charge is -2.41. The minimum atomic E-state index is -5.07. The largest absolute Gasteiger partial charge is 0.457 e. The van der Waals surface area contributed by atoms with Gasteiger partial charge in [-0.05, 0) is 44.9 Å². The highest BCUT2D eigenvalue weighted by Crippen LogP contribution is 2.26. The van der Waals surface area contributed by atoms with Crippen LogP contribution in [0.3, 0.4) is 0 Å². The Morgan fingerprint density at radius 2 is 0.892 bits per heavy atom. The summed E-state index contributed by atoms with van der Waals surface area (Å²) in [6, 6.07) is 0. The predicted octanol–water partition coefficient (Wildman–Crippen LogP) is 15.9. The Labute approximate surface area is 454 Å². The Morgan fingerprint density at radius 3 is 1.28 bits per heavy atom. The number of esters is 1. The molecule has 1 fully saturated rings. The van der Waals surface area contributed by atoms with Crippen LogP contribution in [0.15, 0.2) is 24.3 Å². The second-order valence-corrected chi connectivity index (χ2v) is 22.7. The van der Waals surface area contributed by atoms with Crippen molar-refractivity contribution in [3.05, 3.63) is 24.3 Å². The van der Waals surface area contributed by atoms with Crippen molar-refractivity contribution >= 4 is 16.4 Å². The van der Waals surface area contributed by atoms with Crippen molar-refractivity contribution in [2.75, 3.05) is 26.4 Å². The first-order chi connectivity index (χ1) is 36.1. The van der Waals surface area contributed by atoms with Gasteiger partial charge in [0.15, 0.2) is 6.29 Å². The Hall–Kier alpha value is -1.42. The molecule has 6 atom stereocenters. The normalized spacial score (nSPS) is 18.8. The number of aliphatic hydroxyl groups is 3. The maximum atomic E-state index is 13.0. The fourth-order valence-corrected chi connectivity index (χ4v) is 10.4. The predicted molar refractivity (Wildman–Crippen MR) is 304 cm³/mol. The van der Waals surface area contributed by atoms with E-state index in [2.05, 4.69) is 42.3 Å². The second kappa shape index (κ2) is 52.3. The third-order valence-corrected chi connectivity index (χ3v) is 15.0. The van der Waals surface area contributed by atoms with E-state index >= 15 is 0 Å². The lowest BCUT2D eigenvalue weighted by atomic mass is 9.99. The summed E-state index contributed by atoms with van der Waals surface area (Å²) < 4.78 is 59.5. The van der Waals surface area contributed by atoms with Crippen LogP contribution in [0.2, 0.25) is 0 Å². The minimum absolute atomic E-state index is 0.0409. The van der Waals surface area contributed by atoms with Gasteiger partial charge >= 0.3 is 16.4 Å². The summed E-state index contributed by atoms with van der Waals surface area (Å²) in [6.07, 6.45) is 55.1. The molecule has 1 saturated heterocycles. The number of aliphatic hydroxyl groups excluding tert-OH is 3. The van der Waals surface area contributed by atoms with E-state index < -0.39 is 59.8 Å². The Morgan fingerprint density at radius 1 is 0.514 bits per heavy atom. The van der Waals surface area contributed by atoms with Gasteiger partial charge in [0.2, 0.25) is 0 Å². The van der Waals surface area contributed by atoms with Crippen molar-refractivity contribution in [1.82, 2.24) is 0 Å². The molecule has 12 nitrogen and oxygen atoms in total. The molecule has 0 amide bonds. The van der Waals surface area contributed by atoms with Crippen LogP contribution in [0, 0.1) is 0 Å². The van der Waals surface area contributed by atoms with E-state index in [0.29, 0.717) is 13.0 Å². The molecule has 0 aromatic rings. The fraction of sp³-hybridized carbons (Fsp3) is 0.918. The lowest BCUT2D eigenvalue weighted by Crippen LogP contribution is -2.60. The highest BCUT2D eigenvalue weighted by atomic mass is 32.3. The van der Waals surface area contributed by atoms with Gasteiger partial charge in [0.05, 0.1) is 19.8 Å². The maximum Gasteiger partial charge on any atom is 0.397 e. The molecule has 0 spiro atoms. The van der Waals surface area contributed by atoms with Gasteiger partial charge in [0, 0.05) is 13.0 Å². The number of rotatable bonds is 56. The molecule has 1 rings (SSSR count). The van der Waals surface area contributed by atoms with Crippen molar-refractivity contribution in [1.29, 1.82) is 0 Å². The minimum Gasteiger partial charge on any atom is -0.457 e. The molecule has 438 valence electrons. The lowest BCUT2D eigenvalue weighted by molar-refractivity contribution is -0.301. The Bertz CT molecular complexity index is 1380.